The highest BCUT2D eigenvalue weighted by Gasteiger charge is 2.18. The van der Waals surface area contributed by atoms with Gasteiger partial charge in [-0.05, 0) is 36.1 Å². The molecule has 3 aromatic rings. The van der Waals surface area contributed by atoms with Crippen molar-refractivity contribution in [3.05, 3.63) is 66.4 Å². The summed E-state index contributed by atoms with van der Waals surface area (Å²) in [5, 5.41) is 11.7. The summed E-state index contributed by atoms with van der Waals surface area (Å²) in [5.74, 6) is 1.26. The molecule has 0 spiro atoms. The average Bonchev–Trinajstić information content (AvgIpc) is 2.63. The molecule has 3 rings (SSSR count). The van der Waals surface area contributed by atoms with Crippen LogP contribution in [0, 0.1) is 0 Å². The highest BCUT2D eigenvalue weighted by atomic mass is 15.3. The van der Waals surface area contributed by atoms with Gasteiger partial charge < -0.3 is 10.2 Å². The second kappa shape index (κ2) is 7.52. The first-order chi connectivity index (χ1) is 12.5. The normalized spacial score (nSPS) is 11.2. The zero-order chi connectivity index (χ0) is 18.6. The number of nitrogens with zero attached hydrogens (tertiary/aromatic N) is 4. The first-order valence-corrected chi connectivity index (χ1v) is 8.88. The predicted octanol–water partition coefficient (Wildman–Crippen LogP) is 5.07. The van der Waals surface area contributed by atoms with Gasteiger partial charge in [0.25, 0.3) is 0 Å². The van der Waals surface area contributed by atoms with Gasteiger partial charge in [0.2, 0.25) is 5.95 Å². The number of anilines is 4. The van der Waals surface area contributed by atoms with Gasteiger partial charge in [0.05, 0.1) is 6.20 Å². The Morgan fingerprint density at radius 2 is 1.65 bits per heavy atom. The van der Waals surface area contributed by atoms with Gasteiger partial charge in [-0.15, -0.1) is 5.10 Å². The van der Waals surface area contributed by atoms with Crippen LogP contribution in [0.2, 0.25) is 0 Å². The van der Waals surface area contributed by atoms with Crippen molar-refractivity contribution in [1.82, 2.24) is 15.2 Å². The molecule has 1 heterocycles. The Balaban J connectivity index is 1.92. The molecule has 0 aliphatic rings. The summed E-state index contributed by atoms with van der Waals surface area (Å²) >= 11 is 0. The molecular formula is C21H25N5. The Hall–Kier alpha value is -2.95. The van der Waals surface area contributed by atoms with E-state index < -0.39 is 0 Å². The fourth-order valence-electron chi connectivity index (χ4n) is 2.93. The molecule has 26 heavy (non-hydrogen) atoms. The molecule has 0 radical (unpaired) electrons. The zero-order valence-corrected chi connectivity index (χ0v) is 15.8. The second-order valence-corrected chi connectivity index (χ2v) is 7.14. The number of para-hydroxylation sites is 2. The Morgan fingerprint density at radius 1 is 0.962 bits per heavy atom. The standard InChI is InChI=1S/C21H25N5/c1-5-26(16-11-7-6-8-12-16)19-15-22-25-20(24-19)23-18-14-10-9-13-17(18)21(2,3)4/h6-15H,5H2,1-4H3,(H,23,24,25). The van der Waals surface area contributed by atoms with Crippen molar-refractivity contribution in [1.29, 1.82) is 0 Å². The van der Waals surface area contributed by atoms with Crippen molar-refractivity contribution < 1.29 is 0 Å². The fraction of sp³-hybridized carbons (Fsp3) is 0.286. The van der Waals surface area contributed by atoms with E-state index in [0.29, 0.717) is 5.95 Å². The lowest BCUT2D eigenvalue weighted by Gasteiger charge is -2.24. The number of nitrogens with one attached hydrogen (secondary N) is 1. The molecule has 1 N–H and O–H groups in total. The molecule has 1 aromatic heterocycles. The molecule has 0 aliphatic heterocycles. The van der Waals surface area contributed by atoms with E-state index in [4.69, 9.17) is 0 Å². The van der Waals surface area contributed by atoms with Gasteiger partial charge in [-0.3, -0.25) is 0 Å². The Morgan fingerprint density at radius 3 is 2.35 bits per heavy atom. The van der Waals surface area contributed by atoms with Crippen LogP contribution in [0.4, 0.5) is 23.1 Å². The van der Waals surface area contributed by atoms with Gasteiger partial charge in [0.1, 0.15) is 0 Å². The molecule has 5 heteroatoms. The molecule has 0 bridgehead atoms. The summed E-state index contributed by atoms with van der Waals surface area (Å²) in [6, 6.07) is 18.4. The Bertz CT molecular complexity index is 856. The summed E-state index contributed by atoms with van der Waals surface area (Å²) in [6.45, 7) is 9.46. The summed E-state index contributed by atoms with van der Waals surface area (Å²) < 4.78 is 0. The second-order valence-electron chi connectivity index (χ2n) is 7.14. The molecule has 2 aromatic carbocycles. The number of hydrogen-bond acceptors (Lipinski definition) is 5. The van der Waals surface area contributed by atoms with Crippen molar-refractivity contribution in [3.63, 3.8) is 0 Å². The van der Waals surface area contributed by atoms with E-state index in [2.05, 4.69) is 77.4 Å². The maximum Gasteiger partial charge on any atom is 0.249 e. The van der Waals surface area contributed by atoms with Crippen molar-refractivity contribution >= 4 is 23.1 Å². The first-order valence-electron chi connectivity index (χ1n) is 8.88. The lowest BCUT2D eigenvalue weighted by atomic mass is 9.86. The van der Waals surface area contributed by atoms with E-state index >= 15 is 0 Å². The summed E-state index contributed by atoms with van der Waals surface area (Å²) in [4.78, 5) is 6.79. The van der Waals surface area contributed by atoms with E-state index in [1.165, 1.54) is 5.56 Å². The van der Waals surface area contributed by atoms with Crippen LogP contribution in [0.25, 0.3) is 0 Å². The van der Waals surface area contributed by atoms with E-state index in [1.807, 2.05) is 30.3 Å². The van der Waals surface area contributed by atoms with Crippen LogP contribution >= 0.6 is 0 Å². The molecule has 0 amide bonds. The fourth-order valence-corrected chi connectivity index (χ4v) is 2.93. The summed E-state index contributed by atoms with van der Waals surface area (Å²) in [7, 11) is 0. The van der Waals surface area contributed by atoms with Crippen LogP contribution in [0.15, 0.2) is 60.8 Å². The van der Waals surface area contributed by atoms with Crippen molar-refractivity contribution in [2.24, 2.45) is 0 Å². The number of hydrogen-bond donors (Lipinski definition) is 1. The van der Waals surface area contributed by atoms with E-state index in [9.17, 15) is 0 Å². The minimum atomic E-state index is 0.0219. The topological polar surface area (TPSA) is 53.9 Å². The van der Waals surface area contributed by atoms with Gasteiger partial charge in [0, 0.05) is 17.9 Å². The highest BCUT2D eigenvalue weighted by molar-refractivity contribution is 5.63. The molecule has 0 saturated heterocycles. The summed E-state index contributed by atoms with van der Waals surface area (Å²) in [5.41, 5.74) is 3.32. The third-order valence-electron chi connectivity index (χ3n) is 4.19. The molecule has 134 valence electrons. The van der Waals surface area contributed by atoms with E-state index in [0.717, 1.165) is 23.7 Å². The monoisotopic (exact) mass is 347 g/mol. The lowest BCUT2D eigenvalue weighted by molar-refractivity contribution is 0.592. The number of rotatable bonds is 5. The average molecular weight is 347 g/mol. The third kappa shape index (κ3) is 3.99. The molecule has 0 aliphatic carbocycles. The molecule has 0 unspecified atom stereocenters. The minimum Gasteiger partial charge on any atom is -0.325 e. The quantitative estimate of drug-likeness (QED) is 0.698. The van der Waals surface area contributed by atoms with Gasteiger partial charge in [0.15, 0.2) is 5.82 Å². The van der Waals surface area contributed by atoms with Gasteiger partial charge in [-0.25, -0.2) is 0 Å². The molecule has 0 atom stereocenters. The smallest absolute Gasteiger partial charge is 0.249 e. The molecule has 0 saturated carbocycles. The van der Waals surface area contributed by atoms with Crippen LogP contribution in [0.3, 0.4) is 0 Å². The van der Waals surface area contributed by atoms with Gasteiger partial charge >= 0.3 is 0 Å². The van der Waals surface area contributed by atoms with Crippen LogP contribution < -0.4 is 10.2 Å². The lowest BCUT2D eigenvalue weighted by Crippen LogP contribution is -2.19. The SMILES string of the molecule is CCN(c1ccccc1)c1cnnc(Nc2ccccc2C(C)(C)C)n1. The van der Waals surface area contributed by atoms with Crippen LogP contribution in [-0.2, 0) is 5.41 Å². The zero-order valence-electron chi connectivity index (χ0n) is 15.8. The molecule has 0 fully saturated rings. The van der Waals surface area contributed by atoms with Gasteiger partial charge in [-0.2, -0.15) is 10.1 Å². The van der Waals surface area contributed by atoms with Gasteiger partial charge in [-0.1, -0.05) is 57.2 Å². The van der Waals surface area contributed by atoms with Crippen molar-refractivity contribution in [3.8, 4) is 0 Å². The van der Waals surface area contributed by atoms with Crippen LogP contribution in [0.5, 0.6) is 0 Å². The number of aromatic nitrogens is 3. The maximum absolute atomic E-state index is 4.68. The minimum absolute atomic E-state index is 0.0219. The predicted molar refractivity (Wildman–Crippen MR) is 107 cm³/mol. The molecular weight excluding hydrogens is 322 g/mol. The Kier molecular flexibility index (Phi) is 5.16. The third-order valence-corrected chi connectivity index (χ3v) is 4.19. The molecule has 5 nitrogen and oxygen atoms in total. The van der Waals surface area contributed by atoms with Crippen LogP contribution in [0.1, 0.15) is 33.3 Å². The van der Waals surface area contributed by atoms with E-state index in [1.54, 1.807) is 6.20 Å². The highest BCUT2D eigenvalue weighted by Crippen LogP contribution is 2.31. The number of benzene rings is 2. The van der Waals surface area contributed by atoms with Crippen molar-refractivity contribution in [2.75, 3.05) is 16.8 Å². The van der Waals surface area contributed by atoms with Crippen LogP contribution in [-0.4, -0.2) is 21.7 Å². The Labute approximate surface area is 155 Å². The summed E-state index contributed by atoms with van der Waals surface area (Å²) in [6.07, 6.45) is 1.69. The van der Waals surface area contributed by atoms with E-state index in [-0.39, 0.29) is 5.41 Å². The maximum atomic E-state index is 4.68. The first kappa shape index (κ1) is 17.9. The van der Waals surface area contributed by atoms with Crippen molar-refractivity contribution in [2.45, 2.75) is 33.1 Å². The largest absolute Gasteiger partial charge is 0.325 e.